The first-order valence-corrected chi connectivity index (χ1v) is 10.9. The van der Waals surface area contributed by atoms with Crippen molar-refractivity contribution >= 4 is 5.91 Å². The van der Waals surface area contributed by atoms with Gasteiger partial charge in [0.1, 0.15) is 5.75 Å². The van der Waals surface area contributed by atoms with E-state index in [9.17, 15) is 4.79 Å². The van der Waals surface area contributed by atoms with E-state index in [0.29, 0.717) is 5.92 Å². The number of piperazine rings is 1. The van der Waals surface area contributed by atoms with E-state index in [0.717, 1.165) is 74.0 Å². The van der Waals surface area contributed by atoms with Gasteiger partial charge in [-0.1, -0.05) is 20.8 Å². The molecular formula is C23H35N4O2+. The van der Waals surface area contributed by atoms with E-state index in [1.165, 1.54) is 0 Å². The van der Waals surface area contributed by atoms with Crippen molar-refractivity contribution in [1.29, 1.82) is 0 Å². The van der Waals surface area contributed by atoms with Crippen LogP contribution < -0.4 is 9.64 Å². The number of likely N-dealkylation sites (N-methyl/N-ethyl adjacent to an activating group) is 1. The minimum Gasteiger partial charge on any atom is -0.497 e. The van der Waals surface area contributed by atoms with Crippen LogP contribution in [0.4, 0.5) is 0 Å². The number of amides is 1. The predicted octanol–water partition coefficient (Wildman–Crippen LogP) is 2.00. The van der Waals surface area contributed by atoms with Crippen molar-refractivity contribution < 1.29 is 14.4 Å². The molecule has 0 unspecified atom stereocenters. The maximum atomic E-state index is 13.6. The van der Waals surface area contributed by atoms with Gasteiger partial charge in [-0.25, -0.2) is 4.68 Å². The largest absolute Gasteiger partial charge is 0.497 e. The molecule has 2 aromatic rings. The summed E-state index contributed by atoms with van der Waals surface area (Å²) in [5.41, 5.74) is 3.70. The number of quaternary nitrogens is 1. The number of rotatable bonds is 7. The van der Waals surface area contributed by atoms with Gasteiger partial charge in [0, 0.05) is 0 Å². The molecular weight excluding hydrogens is 364 g/mol. The fourth-order valence-corrected chi connectivity index (χ4v) is 4.08. The van der Waals surface area contributed by atoms with Gasteiger partial charge in [-0.2, -0.15) is 5.10 Å². The second-order valence-electron chi connectivity index (χ2n) is 8.23. The Morgan fingerprint density at radius 3 is 2.34 bits per heavy atom. The van der Waals surface area contributed by atoms with Gasteiger partial charge in [-0.3, -0.25) is 4.79 Å². The number of hydrogen-bond donors (Lipinski definition) is 1. The lowest BCUT2D eigenvalue weighted by molar-refractivity contribution is -0.902. The maximum Gasteiger partial charge on any atom is 0.258 e. The van der Waals surface area contributed by atoms with E-state index in [4.69, 9.17) is 9.84 Å². The SMILES string of the molecule is CCc1c(C(=O)N2CC[NH+](CC)CC2)c(CC(C)C)nn1-c1ccc(OC)cc1. The first-order valence-electron chi connectivity index (χ1n) is 10.9. The Morgan fingerprint density at radius 2 is 1.83 bits per heavy atom. The number of ether oxygens (including phenoxy) is 1. The lowest BCUT2D eigenvalue weighted by Crippen LogP contribution is -3.14. The molecule has 0 saturated carbocycles. The van der Waals surface area contributed by atoms with Crippen LogP contribution in [-0.4, -0.2) is 60.4 Å². The molecule has 1 amide bonds. The van der Waals surface area contributed by atoms with Crippen LogP contribution >= 0.6 is 0 Å². The van der Waals surface area contributed by atoms with Gasteiger partial charge < -0.3 is 14.5 Å². The lowest BCUT2D eigenvalue weighted by atomic mass is 10.0. The molecule has 6 heteroatoms. The molecule has 0 spiro atoms. The van der Waals surface area contributed by atoms with Gasteiger partial charge in [-0.05, 0) is 49.9 Å². The van der Waals surface area contributed by atoms with Crippen LogP contribution in [0.25, 0.3) is 5.69 Å². The number of hydrogen-bond acceptors (Lipinski definition) is 3. The summed E-state index contributed by atoms with van der Waals surface area (Å²) in [6.07, 6.45) is 1.57. The zero-order valence-corrected chi connectivity index (χ0v) is 18.5. The normalized spacial score (nSPS) is 15.2. The number of nitrogens with one attached hydrogen (secondary N) is 1. The molecule has 1 fully saturated rings. The molecule has 0 atom stereocenters. The van der Waals surface area contributed by atoms with Crippen LogP contribution in [0.5, 0.6) is 5.75 Å². The average molecular weight is 400 g/mol. The zero-order chi connectivity index (χ0) is 21.0. The lowest BCUT2D eigenvalue weighted by Gasteiger charge is -2.31. The standard InChI is InChI=1S/C23H34N4O2/c1-6-21-22(23(28)26-14-12-25(7-2)13-15-26)20(16-17(3)4)24-27(21)18-8-10-19(29-5)11-9-18/h8-11,17H,6-7,12-16H2,1-5H3/p+1. The van der Waals surface area contributed by atoms with Crippen molar-refractivity contribution in [3.05, 3.63) is 41.2 Å². The number of nitrogens with zero attached hydrogens (tertiary/aromatic N) is 3. The van der Waals surface area contributed by atoms with Crippen molar-refractivity contribution in [3.8, 4) is 11.4 Å². The summed E-state index contributed by atoms with van der Waals surface area (Å²) < 4.78 is 7.24. The number of benzene rings is 1. The van der Waals surface area contributed by atoms with E-state index >= 15 is 0 Å². The molecule has 0 bridgehead atoms. The first-order chi connectivity index (χ1) is 14.0. The third-order valence-electron chi connectivity index (χ3n) is 5.78. The molecule has 0 aliphatic carbocycles. The highest BCUT2D eigenvalue weighted by Gasteiger charge is 2.30. The van der Waals surface area contributed by atoms with Crippen LogP contribution in [0.1, 0.15) is 49.4 Å². The Morgan fingerprint density at radius 1 is 1.17 bits per heavy atom. The topological polar surface area (TPSA) is 51.8 Å². The Bertz CT molecular complexity index is 818. The predicted molar refractivity (Wildman–Crippen MR) is 115 cm³/mol. The number of carbonyl (C=O) groups excluding carboxylic acids is 1. The Labute approximate surface area is 174 Å². The molecule has 1 aromatic carbocycles. The number of carbonyl (C=O) groups is 1. The van der Waals surface area contributed by atoms with Gasteiger partial charge in [-0.15, -0.1) is 0 Å². The molecule has 1 aliphatic rings. The summed E-state index contributed by atoms with van der Waals surface area (Å²) in [4.78, 5) is 17.2. The molecule has 1 N–H and O–H groups in total. The Kier molecular flexibility index (Phi) is 6.96. The van der Waals surface area contributed by atoms with Crippen molar-refractivity contribution in [3.63, 3.8) is 0 Å². The molecule has 1 aliphatic heterocycles. The average Bonchev–Trinajstić information content (AvgIpc) is 3.10. The van der Waals surface area contributed by atoms with Gasteiger partial charge in [0.05, 0.1) is 62.5 Å². The molecule has 1 saturated heterocycles. The minimum atomic E-state index is 0.146. The molecule has 3 rings (SSSR count). The number of aromatic nitrogens is 2. The zero-order valence-electron chi connectivity index (χ0n) is 18.5. The minimum absolute atomic E-state index is 0.146. The number of methoxy groups -OCH3 is 1. The summed E-state index contributed by atoms with van der Waals surface area (Å²) in [5, 5.41) is 4.92. The molecule has 1 aromatic heterocycles. The monoisotopic (exact) mass is 399 g/mol. The summed E-state index contributed by atoms with van der Waals surface area (Å²) in [5.74, 6) is 1.40. The third kappa shape index (κ3) is 4.64. The molecule has 158 valence electrons. The first kappa shape index (κ1) is 21.4. The Balaban J connectivity index is 1.99. The second kappa shape index (κ2) is 9.44. The summed E-state index contributed by atoms with van der Waals surface area (Å²) in [7, 11) is 1.66. The van der Waals surface area contributed by atoms with Crippen molar-refractivity contribution in [2.75, 3.05) is 39.8 Å². The van der Waals surface area contributed by atoms with Crippen LogP contribution in [-0.2, 0) is 12.8 Å². The third-order valence-corrected chi connectivity index (χ3v) is 5.78. The van der Waals surface area contributed by atoms with Crippen LogP contribution in [0.2, 0.25) is 0 Å². The van der Waals surface area contributed by atoms with Gasteiger partial charge >= 0.3 is 0 Å². The van der Waals surface area contributed by atoms with E-state index in [2.05, 4.69) is 27.7 Å². The van der Waals surface area contributed by atoms with Crippen LogP contribution in [0.3, 0.4) is 0 Å². The van der Waals surface area contributed by atoms with Gasteiger partial charge in [0.2, 0.25) is 0 Å². The molecule has 2 heterocycles. The van der Waals surface area contributed by atoms with Crippen LogP contribution in [0.15, 0.2) is 24.3 Å². The van der Waals surface area contributed by atoms with Crippen molar-refractivity contribution in [2.24, 2.45) is 5.92 Å². The van der Waals surface area contributed by atoms with Crippen molar-refractivity contribution in [1.82, 2.24) is 14.7 Å². The summed E-state index contributed by atoms with van der Waals surface area (Å²) in [6.45, 7) is 13.5. The van der Waals surface area contributed by atoms with Gasteiger partial charge in [0.15, 0.2) is 0 Å². The fraction of sp³-hybridized carbons (Fsp3) is 0.565. The van der Waals surface area contributed by atoms with Crippen LogP contribution in [0, 0.1) is 5.92 Å². The molecule has 0 radical (unpaired) electrons. The molecule has 6 nitrogen and oxygen atoms in total. The molecule has 29 heavy (non-hydrogen) atoms. The van der Waals surface area contributed by atoms with E-state index in [1.807, 2.05) is 33.8 Å². The van der Waals surface area contributed by atoms with Gasteiger partial charge in [0.25, 0.3) is 5.91 Å². The van der Waals surface area contributed by atoms with E-state index < -0.39 is 0 Å². The maximum absolute atomic E-state index is 13.6. The highest BCUT2D eigenvalue weighted by molar-refractivity contribution is 5.96. The highest BCUT2D eigenvalue weighted by Crippen LogP contribution is 2.25. The van der Waals surface area contributed by atoms with E-state index in [1.54, 1.807) is 12.0 Å². The quantitative estimate of drug-likeness (QED) is 0.775. The summed E-state index contributed by atoms with van der Waals surface area (Å²) in [6, 6.07) is 7.88. The second-order valence-corrected chi connectivity index (χ2v) is 8.23. The highest BCUT2D eigenvalue weighted by atomic mass is 16.5. The van der Waals surface area contributed by atoms with Crippen molar-refractivity contribution in [2.45, 2.75) is 40.5 Å². The smallest absolute Gasteiger partial charge is 0.258 e. The summed E-state index contributed by atoms with van der Waals surface area (Å²) >= 11 is 0. The van der Waals surface area contributed by atoms with E-state index in [-0.39, 0.29) is 5.91 Å². The fourth-order valence-electron chi connectivity index (χ4n) is 4.08. The Hall–Kier alpha value is -2.34.